The smallest absolute Gasteiger partial charge is 0.142 e. The van der Waals surface area contributed by atoms with Gasteiger partial charge < -0.3 is 20.9 Å². The molecule has 0 aliphatic rings. The first-order valence-electron chi connectivity index (χ1n) is 4.44. The molecule has 0 aliphatic carbocycles. The van der Waals surface area contributed by atoms with E-state index in [1.165, 1.54) is 0 Å². The summed E-state index contributed by atoms with van der Waals surface area (Å²) in [5.74, 6) is 1.42. The third-order valence-corrected chi connectivity index (χ3v) is 2.11. The van der Waals surface area contributed by atoms with Crippen molar-refractivity contribution in [3.8, 4) is 11.5 Å². The Hall–Kier alpha value is -1.42. The van der Waals surface area contributed by atoms with Gasteiger partial charge in [0.2, 0.25) is 0 Å². The lowest BCUT2D eigenvalue weighted by Crippen LogP contribution is -2.08. The van der Waals surface area contributed by atoms with Gasteiger partial charge in [0.05, 0.1) is 19.9 Å². The van der Waals surface area contributed by atoms with Crippen LogP contribution in [-0.2, 0) is 6.42 Å². The molecule has 14 heavy (non-hydrogen) atoms. The molecule has 0 aromatic heterocycles. The van der Waals surface area contributed by atoms with Crippen molar-refractivity contribution in [2.75, 3.05) is 26.5 Å². The Morgan fingerprint density at radius 3 is 2.21 bits per heavy atom. The molecule has 0 spiro atoms. The Morgan fingerprint density at radius 2 is 1.71 bits per heavy atom. The van der Waals surface area contributed by atoms with Gasteiger partial charge in [0.1, 0.15) is 11.5 Å². The van der Waals surface area contributed by atoms with Gasteiger partial charge in [0.15, 0.2) is 0 Å². The lowest BCUT2D eigenvalue weighted by molar-refractivity contribution is 0.400. The highest BCUT2D eigenvalue weighted by molar-refractivity contribution is 5.63. The summed E-state index contributed by atoms with van der Waals surface area (Å²) in [6, 6.07) is 3.62. The molecule has 1 rings (SSSR count). The maximum atomic E-state index is 5.90. The highest BCUT2D eigenvalue weighted by Gasteiger charge is 2.10. The highest BCUT2D eigenvalue weighted by Crippen LogP contribution is 2.32. The minimum Gasteiger partial charge on any atom is -0.496 e. The number of nitrogens with two attached hydrogens (primary N) is 2. The van der Waals surface area contributed by atoms with Crippen LogP contribution in [0.2, 0.25) is 0 Å². The number of hydrogen-bond acceptors (Lipinski definition) is 4. The van der Waals surface area contributed by atoms with Crippen LogP contribution in [0.15, 0.2) is 12.1 Å². The van der Waals surface area contributed by atoms with Crippen molar-refractivity contribution in [1.82, 2.24) is 0 Å². The number of anilines is 1. The van der Waals surface area contributed by atoms with Crippen LogP contribution in [0.4, 0.5) is 5.69 Å². The van der Waals surface area contributed by atoms with E-state index in [1.54, 1.807) is 20.3 Å². The van der Waals surface area contributed by atoms with E-state index in [4.69, 9.17) is 20.9 Å². The summed E-state index contributed by atoms with van der Waals surface area (Å²) >= 11 is 0. The second-order valence-corrected chi connectivity index (χ2v) is 2.90. The van der Waals surface area contributed by atoms with Crippen LogP contribution in [-0.4, -0.2) is 20.8 Å². The van der Waals surface area contributed by atoms with Crippen molar-refractivity contribution in [2.24, 2.45) is 5.73 Å². The molecule has 0 fully saturated rings. The van der Waals surface area contributed by atoms with E-state index in [0.29, 0.717) is 24.4 Å². The fraction of sp³-hybridized carbons (Fsp3) is 0.400. The zero-order valence-electron chi connectivity index (χ0n) is 8.54. The third-order valence-electron chi connectivity index (χ3n) is 2.11. The number of ether oxygens (including phenoxy) is 2. The first kappa shape index (κ1) is 10.7. The van der Waals surface area contributed by atoms with E-state index < -0.39 is 0 Å². The van der Waals surface area contributed by atoms with Gasteiger partial charge in [-0.25, -0.2) is 0 Å². The summed E-state index contributed by atoms with van der Waals surface area (Å²) in [6.07, 6.45) is 0.687. The Morgan fingerprint density at radius 1 is 1.14 bits per heavy atom. The number of benzene rings is 1. The normalized spacial score (nSPS) is 9.93. The molecule has 4 nitrogen and oxygen atoms in total. The van der Waals surface area contributed by atoms with E-state index in [2.05, 4.69) is 0 Å². The Labute approximate surface area is 83.8 Å². The predicted octanol–water partition coefficient (Wildman–Crippen LogP) is 0.787. The molecule has 4 N–H and O–H groups in total. The number of hydrogen-bond donors (Lipinski definition) is 2. The Balaban J connectivity index is 3.16. The minimum absolute atomic E-state index is 0.535. The molecule has 0 aliphatic heterocycles. The molecule has 0 atom stereocenters. The molecule has 0 saturated carbocycles. The quantitative estimate of drug-likeness (QED) is 0.698. The van der Waals surface area contributed by atoms with E-state index in [-0.39, 0.29) is 0 Å². The number of nitrogen functional groups attached to an aromatic ring is 1. The monoisotopic (exact) mass is 196 g/mol. The average molecular weight is 196 g/mol. The summed E-state index contributed by atoms with van der Waals surface area (Å²) < 4.78 is 10.3. The molecule has 1 aromatic carbocycles. The van der Waals surface area contributed by atoms with E-state index >= 15 is 0 Å². The minimum atomic E-state index is 0.535. The fourth-order valence-corrected chi connectivity index (χ4v) is 1.39. The maximum Gasteiger partial charge on any atom is 0.142 e. The molecule has 0 heterocycles. The SMILES string of the molecule is COc1ccc(OC)c(CCN)c1N. The second kappa shape index (κ2) is 4.72. The molecule has 0 radical (unpaired) electrons. The van der Waals surface area contributed by atoms with Crippen molar-refractivity contribution in [1.29, 1.82) is 0 Å². The van der Waals surface area contributed by atoms with Gasteiger partial charge in [-0.2, -0.15) is 0 Å². The summed E-state index contributed by atoms with van der Waals surface area (Å²) in [5, 5.41) is 0. The van der Waals surface area contributed by atoms with Gasteiger partial charge in [0.25, 0.3) is 0 Å². The molecule has 0 amide bonds. The third kappa shape index (κ3) is 1.90. The highest BCUT2D eigenvalue weighted by atomic mass is 16.5. The first-order valence-corrected chi connectivity index (χ1v) is 4.44. The predicted molar refractivity (Wildman–Crippen MR) is 56.7 cm³/mol. The molecular formula is C10H16N2O2. The first-order chi connectivity index (χ1) is 6.74. The largest absolute Gasteiger partial charge is 0.496 e. The topological polar surface area (TPSA) is 70.5 Å². The standard InChI is InChI=1S/C10H16N2O2/c1-13-8-3-4-9(14-2)10(12)7(8)5-6-11/h3-4H,5-6,11-12H2,1-2H3. The van der Waals surface area contributed by atoms with Crippen molar-refractivity contribution >= 4 is 5.69 Å². The van der Waals surface area contributed by atoms with Crippen LogP contribution >= 0.6 is 0 Å². The van der Waals surface area contributed by atoms with Crippen LogP contribution < -0.4 is 20.9 Å². The van der Waals surface area contributed by atoms with Crippen LogP contribution in [0, 0.1) is 0 Å². The van der Waals surface area contributed by atoms with Crippen LogP contribution in [0.3, 0.4) is 0 Å². The molecule has 4 heteroatoms. The van der Waals surface area contributed by atoms with Crippen molar-refractivity contribution in [3.05, 3.63) is 17.7 Å². The van der Waals surface area contributed by atoms with E-state index in [0.717, 1.165) is 11.3 Å². The maximum absolute atomic E-state index is 5.90. The van der Waals surface area contributed by atoms with E-state index in [9.17, 15) is 0 Å². The summed E-state index contributed by atoms with van der Waals surface area (Å²) in [6.45, 7) is 0.535. The lowest BCUT2D eigenvalue weighted by atomic mass is 10.1. The number of rotatable bonds is 4. The van der Waals surface area contributed by atoms with Gasteiger partial charge in [-0.15, -0.1) is 0 Å². The Bertz CT molecular complexity index is 313. The molecule has 0 saturated heterocycles. The van der Waals surface area contributed by atoms with Crippen LogP contribution in [0.5, 0.6) is 11.5 Å². The summed E-state index contributed by atoms with van der Waals surface area (Å²) in [7, 11) is 3.20. The van der Waals surface area contributed by atoms with Crippen LogP contribution in [0.25, 0.3) is 0 Å². The molecular weight excluding hydrogens is 180 g/mol. The Kier molecular flexibility index (Phi) is 3.59. The number of methoxy groups -OCH3 is 2. The zero-order valence-corrected chi connectivity index (χ0v) is 8.54. The fourth-order valence-electron chi connectivity index (χ4n) is 1.39. The van der Waals surface area contributed by atoms with Gasteiger partial charge in [0, 0.05) is 5.56 Å². The van der Waals surface area contributed by atoms with Gasteiger partial charge >= 0.3 is 0 Å². The van der Waals surface area contributed by atoms with Crippen molar-refractivity contribution in [3.63, 3.8) is 0 Å². The van der Waals surface area contributed by atoms with Crippen molar-refractivity contribution < 1.29 is 9.47 Å². The van der Waals surface area contributed by atoms with Crippen LogP contribution in [0.1, 0.15) is 5.56 Å². The van der Waals surface area contributed by atoms with Crippen molar-refractivity contribution in [2.45, 2.75) is 6.42 Å². The van der Waals surface area contributed by atoms with Gasteiger partial charge in [-0.1, -0.05) is 0 Å². The molecule has 0 bridgehead atoms. The zero-order chi connectivity index (χ0) is 10.6. The van der Waals surface area contributed by atoms with Gasteiger partial charge in [-0.05, 0) is 25.1 Å². The van der Waals surface area contributed by atoms with Gasteiger partial charge in [-0.3, -0.25) is 0 Å². The summed E-state index contributed by atoms with van der Waals surface area (Å²) in [5.41, 5.74) is 12.9. The molecule has 0 unspecified atom stereocenters. The average Bonchev–Trinajstić information content (AvgIpc) is 2.21. The summed E-state index contributed by atoms with van der Waals surface area (Å²) in [4.78, 5) is 0. The van der Waals surface area contributed by atoms with E-state index in [1.807, 2.05) is 6.07 Å². The second-order valence-electron chi connectivity index (χ2n) is 2.90. The molecule has 1 aromatic rings. The molecule has 78 valence electrons. The lowest BCUT2D eigenvalue weighted by Gasteiger charge is -2.13.